The van der Waals surface area contributed by atoms with Gasteiger partial charge in [-0.05, 0) is 29.2 Å². The maximum Gasteiger partial charge on any atom is 0.0754 e. The van der Waals surface area contributed by atoms with Crippen LogP contribution in [0.1, 0.15) is 27.2 Å². The van der Waals surface area contributed by atoms with E-state index in [-0.39, 0.29) is 5.41 Å². The largest absolute Gasteiger partial charge is 0.392 e. The number of rotatable bonds is 1. The number of hydrogen-bond donors (Lipinski definition) is 1. The first kappa shape index (κ1) is 8.85. The lowest BCUT2D eigenvalue weighted by Gasteiger charge is -2.28. The van der Waals surface area contributed by atoms with Gasteiger partial charge in [-0.15, -0.1) is 0 Å². The van der Waals surface area contributed by atoms with Crippen molar-refractivity contribution in [1.82, 2.24) is 0 Å². The molecule has 2 fully saturated rings. The lowest BCUT2D eigenvalue weighted by Crippen LogP contribution is -2.38. The van der Waals surface area contributed by atoms with Crippen LogP contribution in [0.3, 0.4) is 0 Å². The number of azide groups is 1. The Morgan fingerprint density at radius 3 is 2.54 bits per heavy atom. The molecule has 1 N–H and O–H groups in total. The predicted octanol–water partition coefficient (Wildman–Crippen LogP) is 2.09. The fourth-order valence-electron chi connectivity index (χ4n) is 3.26. The van der Waals surface area contributed by atoms with E-state index in [9.17, 15) is 5.11 Å². The molecule has 2 aliphatic rings. The Labute approximate surface area is 77.6 Å². The van der Waals surface area contributed by atoms with Gasteiger partial charge in [-0.3, -0.25) is 0 Å². The smallest absolute Gasteiger partial charge is 0.0754 e. The molecule has 2 saturated carbocycles. The van der Waals surface area contributed by atoms with E-state index in [1.165, 1.54) is 0 Å². The van der Waals surface area contributed by atoms with Gasteiger partial charge in [-0.25, -0.2) is 0 Å². The van der Waals surface area contributed by atoms with Gasteiger partial charge in [0.1, 0.15) is 0 Å². The minimum Gasteiger partial charge on any atom is -0.392 e. The highest BCUT2D eigenvalue weighted by atomic mass is 16.3. The second-order valence-electron chi connectivity index (χ2n) is 5.07. The van der Waals surface area contributed by atoms with E-state index in [1.807, 2.05) is 6.92 Å². The Morgan fingerprint density at radius 2 is 2.08 bits per heavy atom. The monoisotopic (exact) mass is 181 g/mol. The van der Waals surface area contributed by atoms with Gasteiger partial charge in [-0.1, -0.05) is 25.9 Å². The highest BCUT2D eigenvalue weighted by Crippen LogP contribution is 2.71. The van der Waals surface area contributed by atoms with Crippen molar-refractivity contribution in [1.29, 1.82) is 0 Å². The average Bonchev–Trinajstić information content (AvgIpc) is 2.40. The van der Waals surface area contributed by atoms with Gasteiger partial charge in [0.2, 0.25) is 0 Å². The molecule has 4 nitrogen and oxygen atoms in total. The summed E-state index contributed by atoms with van der Waals surface area (Å²) in [5.41, 5.74) is 8.15. The van der Waals surface area contributed by atoms with E-state index in [2.05, 4.69) is 23.9 Å². The van der Waals surface area contributed by atoms with Crippen LogP contribution >= 0.6 is 0 Å². The summed E-state index contributed by atoms with van der Waals surface area (Å²) in [7, 11) is 0. The third-order valence-electron chi connectivity index (χ3n) is 4.09. The number of nitrogens with zero attached hydrogens (tertiary/aromatic N) is 3. The van der Waals surface area contributed by atoms with Crippen LogP contribution < -0.4 is 0 Å². The van der Waals surface area contributed by atoms with Crippen molar-refractivity contribution in [3.8, 4) is 0 Å². The van der Waals surface area contributed by atoms with Crippen molar-refractivity contribution in [2.45, 2.75) is 38.8 Å². The molecule has 0 aromatic carbocycles. The van der Waals surface area contributed by atoms with E-state index in [4.69, 9.17) is 5.53 Å². The summed E-state index contributed by atoms with van der Waals surface area (Å²) < 4.78 is 0. The molecular formula is C9H15N3O. The Balaban J connectivity index is 2.33. The van der Waals surface area contributed by atoms with Crippen molar-refractivity contribution in [2.75, 3.05) is 0 Å². The van der Waals surface area contributed by atoms with Crippen molar-refractivity contribution < 1.29 is 5.11 Å². The average molecular weight is 181 g/mol. The maximum absolute atomic E-state index is 9.75. The first-order valence-electron chi connectivity index (χ1n) is 4.69. The molecule has 0 aliphatic heterocycles. The van der Waals surface area contributed by atoms with Crippen LogP contribution in [-0.4, -0.2) is 16.7 Å². The molecule has 72 valence electrons. The summed E-state index contributed by atoms with van der Waals surface area (Å²) in [6.07, 6.45) is 0.333. The summed E-state index contributed by atoms with van der Waals surface area (Å²) in [4.78, 5) is 2.85. The summed E-state index contributed by atoms with van der Waals surface area (Å²) >= 11 is 0. The van der Waals surface area contributed by atoms with Crippen LogP contribution in [-0.2, 0) is 0 Å². The van der Waals surface area contributed by atoms with Crippen LogP contribution in [0.4, 0.5) is 0 Å². The molecule has 13 heavy (non-hydrogen) atoms. The minimum atomic E-state index is -0.567. The standard InChI is InChI=1S/C9H15N3O/c1-8(2)5-4-6(13)9(3,7(5)8)11-12-10/h5-7,13H,4H2,1-3H3/t5-,6+,7+,9+/m1/s1. The predicted molar refractivity (Wildman–Crippen MR) is 48.9 cm³/mol. The molecule has 4 atom stereocenters. The Morgan fingerprint density at radius 1 is 1.46 bits per heavy atom. The molecular weight excluding hydrogens is 166 g/mol. The molecule has 2 aliphatic carbocycles. The molecule has 0 spiro atoms. The molecule has 0 bridgehead atoms. The Hall–Kier alpha value is -0.730. The molecule has 0 radical (unpaired) electrons. The van der Waals surface area contributed by atoms with E-state index in [1.54, 1.807) is 0 Å². The quantitative estimate of drug-likeness (QED) is 0.375. The third kappa shape index (κ3) is 0.875. The zero-order chi connectivity index (χ0) is 9.85. The summed E-state index contributed by atoms with van der Waals surface area (Å²) in [6.45, 7) is 6.23. The highest BCUT2D eigenvalue weighted by Gasteiger charge is 2.71. The van der Waals surface area contributed by atoms with Gasteiger partial charge < -0.3 is 5.11 Å². The van der Waals surface area contributed by atoms with Crippen LogP contribution in [0.15, 0.2) is 5.11 Å². The van der Waals surface area contributed by atoms with Crippen molar-refractivity contribution in [2.24, 2.45) is 22.4 Å². The zero-order valence-corrected chi connectivity index (χ0v) is 8.23. The Kier molecular flexibility index (Phi) is 1.49. The second kappa shape index (κ2) is 2.20. The van der Waals surface area contributed by atoms with E-state index in [0.29, 0.717) is 11.8 Å². The highest BCUT2D eigenvalue weighted by molar-refractivity contribution is 5.23. The van der Waals surface area contributed by atoms with Gasteiger partial charge in [0.25, 0.3) is 0 Å². The SMILES string of the molecule is CC1(C)[C@@H]2C[C@H](O)[C@](C)(N=[N+]=[N-])[C@@H]21. The second-order valence-corrected chi connectivity index (χ2v) is 5.07. The minimum absolute atomic E-state index is 0.252. The van der Waals surface area contributed by atoms with Gasteiger partial charge >= 0.3 is 0 Å². The topological polar surface area (TPSA) is 69.0 Å². The number of aliphatic hydroxyl groups excluding tert-OH is 1. The molecule has 0 saturated heterocycles. The normalized spacial score (nSPS) is 50.9. The van der Waals surface area contributed by atoms with E-state index in [0.717, 1.165) is 6.42 Å². The molecule has 0 aromatic heterocycles. The fourth-order valence-corrected chi connectivity index (χ4v) is 3.26. The molecule has 0 heterocycles. The molecule has 0 unspecified atom stereocenters. The third-order valence-corrected chi connectivity index (χ3v) is 4.09. The van der Waals surface area contributed by atoms with Crippen molar-refractivity contribution >= 4 is 0 Å². The number of fused-ring (bicyclic) bond motifs is 1. The van der Waals surface area contributed by atoms with Gasteiger partial charge in [0.05, 0.1) is 11.6 Å². The molecule has 0 amide bonds. The molecule has 0 aromatic rings. The van der Waals surface area contributed by atoms with Crippen LogP contribution in [0.25, 0.3) is 10.4 Å². The Bertz CT molecular complexity index is 295. The number of aliphatic hydroxyl groups is 1. The molecule has 4 heteroatoms. The summed E-state index contributed by atoms with van der Waals surface area (Å²) in [5.74, 6) is 0.906. The number of hydrogen-bond acceptors (Lipinski definition) is 2. The zero-order valence-electron chi connectivity index (χ0n) is 8.23. The lowest BCUT2D eigenvalue weighted by atomic mass is 9.86. The van der Waals surface area contributed by atoms with E-state index >= 15 is 0 Å². The van der Waals surface area contributed by atoms with Gasteiger partial charge in [-0.2, -0.15) is 0 Å². The van der Waals surface area contributed by atoms with Gasteiger partial charge in [0, 0.05) is 4.91 Å². The van der Waals surface area contributed by atoms with Crippen LogP contribution in [0.5, 0.6) is 0 Å². The fraction of sp³-hybridized carbons (Fsp3) is 1.00. The first-order chi connectivity index (χ1) is 5.94. The summed E-state index contributed by atoms with van der Waals surface area (Å²) in [5, 5.41) is 13.5. The van der Waals surface area contributed by atoms with Crippen LogP contribution in [0.2, 0.25) is 0 Å². The van der Waals surface area contributed by atoms with Crippen LogP contribution in [0, 0.1) is 17.3 Å². The summed E-state index contributed by atoms with van der Waals surface area (Å²) in [6, 6.07) is 0. The van der Waals surface area contributed by atoms with E-state index < -0.39 is 11.6 Å². The molecule has 2 rings (SSSR count). The maximum atomic E-state index is 9.75. The lowest BCUT2D eigenvalue weighted by molar-refractivity contribution is 0.0821. The van der Waals surface area contributed by atoms with Crippen molar-refractivity contribution in [3.05, 3.63) is 10.4 Å². The first-order valence-corrected chi connectivity index (χ1v) is 4.69. The van der Waals surface area contributed by atoms with Crippen molar-refractivity contribution in [3.63, 3.8) is 0 Å². The van der Waals surface area contributed by atoms with Gasteiger partial charge in [0.15, 0.2) is 0 Å².